The lowest BCUT2D eigenvalue weighted by Crippen LogP contribution is -2.57. The molecule has 3 atom stereocenters. The Hall–Kier alpha value is -0.570. The second-order valence-electron chi connectivity index (χ2n) is 8.35. The van der Waals surface area contributed by atoms with Gasteiger partial charge in [-0.2, -0.15) is 0 Å². The van der Waals surface area contributed by atoms with Crippen molar-refractivity contribution in [2.45, 2.75) is 57.9 Å². The number of carbonyl (C=O) groups excluding carboxylic acids is 1. The van der Waals surface area contributed by atoms with Crippen molar-refractivity contribution in [1.29, 1.82) is 0 Å². The van der Waals surface area contributed by atoms with Crippen molar-refractivity contribution in [2.24, 2.45) is 28.4 Å². The zero-order chi connectivity index (χ0) is 13.3. The van der Waals surface area contributed by atoms with Crippen LogP contribution in [0.15, 0.2) is 0 Å². The predicted octanol–water partition coefficient (Wildman–Crippen LogP) is 2.15. The molecule has 4 bridgehead atoms. The molecule has 5 fully saturated rings. The summed E-state index contributed by atoms with van der Waals surface area (Å²) in [5.41, 5.74) is 6.45. The Morgan fingerprint density at radius 2 is 1.89 bits per heavy atom. The van der Waals surface area contributed by atoms with Crippen molar-refractivity contribution in [2.75, 3.05) is 13.1 Å². The lowest BCUT2D eigenvalue weighted by molar-refractivity contribution is -0.165. The molecule has 1 aliphatic heterocycles. The molecule has 4 saturated carbocycles. The van der Waals surface area contributed by atoms with Crippen LogP contribution in [0.5, 0.6) is 0 Å². The van der Waals surface area contributed by atoms with Crippen molar-refractivity contribution in [1.82, 2.24) is 4.90 Å². The Labute approximate surface area is 115 Å². The number of hydrogen-bond acceptors (Lipinski definition) is 2. The second-order valence-corrected chi connectivity index (χ2v) is 8.35. The van der Waals surface area contributed by atoms with Gasteiger partial charge in [0.1, 0.15) is 0 Å². The fraction of sp³-hybridized carbons (Fsp3) is 0.938. The van der Waals surface area contributed by atoms with Crippen molar-refractivity contribution in [3.05, 3.63) is 0 Å². The standard InChI is InChI=1S/C16H26N2O/c1-15-5-11-4-12(6-15)8-16(7-11,10-15)14(19)18-3-2-13(17)9-18/h11-13H,2-10,17H2,1H3. The molecule has 0 spiro atoms. The molecule has 1 heterocycles. The quantitative estimate of drug-likeness (QED) is 0.787. The molecule has 3 unspecified atom stereocenters. The number of nitrogens with zero attached hydrogens (tertiary/aromatic N) is 1. The van der Waals surface area contributed by atoms with E-state index in [0.29, 0.717) is 11.3 Å². The van der Waals surface area contributed by atoms with Crippen molar-refractivity contribution in [3.8, 4) is 0 Å². The van der Waals surface area contributed by atoms with E-state index in [1.165, 1.54) is 32.1 Å². The van der Waals surface area contributed by atoms with Crippen molar-refractivity contribution >= 4 is 5.91 Å². The topological polar surface area (TPSA) is 46.3 Å². The van der Waals surface area contributed by atoms with Gasteiger partial charge in [0.2, 0.25) is 5.91 Å². The first-order valence-electron chi connectivity index (χ1n) is 8.03. The fourth-order valence-corrected chi connectivity index (χ4v) is 6.28. The van der Waals surface area contributed by atoms with Crippen LogP contribution < -0.4 is 5.73 Å². The van der Waals surface area contributed by atoms with Crippen LogP contribution in [0.4, 0.5) is 0 Å². The zero-order valence-electron chi connectivity index (χ0n) is 12.0. The lowest BCUT2D eigenvalue weighted by Gasteiger charge is -2.61. The molecule has 1 saturated heterocycles. The number of rotatable bonds is 1. The Morgan fingerprint density at radius 3 is 2.42 bits per heavy atom. The van der Waals surface area contributed by atoms with Crippen molar-refractivity contribution < 1.29 is 4.79 Å². The maximum atomic E-state index is 13.1. The molecular weight excluding hydrogens is 236 g/mol. The highest BCUT2D eigenvalue weighted by molar-refractivity contribution is 5.83. The third-order valence-electron chi connectivity index (χ3n) is 6.32. The second kappa shape index (κ2) is 3.75. The predicted molar refractivity (Wildman–Crippen MR) is 74.4 cm³/mol. The van der Waals surface area contributed by atoms with Gasteiger partial charge < -0.3 is 10.6 Å². The molecule has 3 nitrogen and oxygen atoms in total. The van der Waals surface area contributed by atoms with Gasteiger partial charge in [-0.05, 0) is 62.2 Å². The Kier molecular flexibility index (Phi) is 2.41. The number of hydrogen-bond donors (Lipinski definition) is 1. The molecule has 2 N–H and O–H groups in total. The third-order valence-corrected chi connectivity index (χ3v) is 6.32. The maximum absolute atomic E-state index is 13.1. The summed E-state index contributed by atoms with van der Waals surface area (Å²) < 4.78 is 0. The first-order chi connectivity index (χ1) is 8.98. The van der Waals surface area contributed by atoms with E-state index in [4.69, 9.17) is 5.73 Å². The van der Waals surface area contributed by atoms with E-state index in [1.54, 1.807) is 0 Å². The molecule has 1 amide bonds. The Balaban J connectivity index is 1.61. The Morgan fingerprint density at radius 1 is 1.21 bits per heavy atom. The van der Waals surface area contributed by atoms with E-state index in [-0.39, 0.29) is 11.5 Å². The van der Waals surface area contributed by atoms with Gasteiger partial charge in [0, 0.05) is 19.1 Å². The van der Waals surface area contributed by atoms with Crippen molar-refractivity contribution in [3.63, 3.8) is 0 Å². The highest BCUT2D eigenvalue weighted by atomic mass is 16.2. The molecule has 4 aliphatic carbocycles. The van der Waals surface area contributed by atoms with Crippen LogP contribution in [0.3, 0.4) is 0 Å². The van der Waals surface area contributed by atoms with Crippen LogP contribution >= 0.6 is 0 Å². The fourth-order valence-electron chi connectivity index (χ4n) is 6.28. The molecule has 3 heteroatoms. The molecule has 19 heavy (non-hydrogen) atoms. The largest absolute Gasteiger partial charge is 0.341 e. The number of amides is 1. The van der Waals surface area contributed by atoms with Gasteiger partial charge in [-0.1, -0.05) is 6.92 Å². The molecular formula is C16H26N2O. The van der Waals surface area contributed by atoms with Crippen LogP contribution in [0.25, 0.3) is 0 Å². The highest BCUT2D eigenvalue weighted by Crippen LogP contribution is 2.65. The minimum Gasteiger partial charge on any atom is -0.341 e. The van der Waals surface area contributed by atoms with Crippen LogP contribution in [0, 0.1) is 22.7 Å². The van der Waals surface area contributed by atoms with E-state index < -0.39 is 0 Å². The summed E-state index contributed by atoms with van der Waals surface area (Å²) in [5.74, 6) is 2.11. The van der Waals surface area contributed by atoms with E-state index >= 15 is 0 Å². The van der Waals surface area contributed by atoms with Gasteiger partial charge in [0.15, 0.2) is 0 Å². The SMILES string of the molecule is CC12CC3CC(C1)CC(C(=O)N1CCC(N)C1)(C3)C2. The monoisotopic (exact) mass is 262 g/mol. The summed E-state index contributed by atoms with van der Waals surface area (Å²) in [5, 5.41) is 0. The van der Waals surface area contributed by atoms with E-state index in [0.717, 1.165) is 37.8 Å². The Bertz CT molecular complexity index is 405. The maximum Gasteiger partial charge on any atom is 0.228 e. The average Bonchev–Trinajstić information content (AvgIpc) is 2.71. The molecule has 0 aromatic rings. The van der Waals surface area contributed by atoms with Gasteiger partial charge in [-0.25, -0.2) is 0 Å². The minimum atomic E-state index is 0.00287. The minimum absolute atomic E-state index is 0.00287. The first-order valence-corrected chi connectivity index (χ1v) is 8.03. The molecule has 0 aromatic carbocycles. The van der Waals surface area contributed by atoms with Gasteiger partial charge in [0.25, 0.3) is 0 Å². The number of nitrogens with two attached hydrogens (primary N) is 1. The summed E-state index contributed by atoms with van der Waals surface area (Å²) in [6.45, 7) is 4.13. The smallest absolute Gasteiger partial charge is 0.228 e. The average molecular weight is 262 g/mol. The van der Waals surface area contributed by atoms with E-state index in [2.05, 4.69) is 11.8 Å². The first kappa shape index (κ1) is 12.2. The van der Waals surface area contributed by atoms with Crippen LogP contribution in [0.2, 0.25) is 0 Å². The number of likely N-dealkylation sites (tertiary alicyclic amines) is 1. The summed E-state index contributed by atoms with van der Waals surface area (Å²) >= 11 is 0. The van der Waals surface area contributed by atoms with Crippen LogP contribution in [-0.2, 0) is 4.79 Å². The molecule has 5 rings (SSSR count). The van der Waals surface area contributed by atoms with Gasteiger partial charge in [-0.3, -0.25) is 4.79 Å². The summed E-state index contributed by atoms with van der Waals surface area (Å²) in [4.78, 5) is 15.1. The van der Waals surface area contributed by atoms with Gasteiger partial charge in [-0.15, -0.1) is 0 Å². The summed E-state index contributed by atoms with van der Waals surface area (Å²) in [6, 6.07) is 0.216. The zero-order valence-corrected chi connectivity index (χ0v) is 12.0. The molecule has 106 valence electrons. The van der Waals surface area contributed by atoms with E-state index in [1.807, 2.05) is 0 Å². The van der Waals surface area contributed by atoms with E-state index in [9.17, 15) is 4.79 Å². The molecule has 0 aromatic heterocycles. The molecule has 0 radical (unpaired) electrons. The normalized spacial score (nSPS) is 51.9. The third kappa shape index (κ3) is 1.77. The lowest BCUT2D eigenvalue weighted by atomic mass is 9.44. The van der Waals surface area contributed by atoms with Gasteiger partial charge >= 0.3 is 0 Å². The molecule has 5 aliphatic rings. The van der Waals surface area contributed by atoms with Gasteiger partial charge in [0.05, 0.1) is 5.41 Å². The summed E-state index contributed by atoms with van der Waals surface area (Å²) in [6.07, 6.45) is 8.62. The summed E-state index contributed by atoms with van der Waals surface area (Å²) in [7, 11) is 0. The number of carbonyl (C=O) groups is 1. The van der Waals surface area contributed by atoms with Crippen LogP contribution in [0.1, 0.15) is 51.9 Å². The van der Waals surface area contributed by atoms with Crippen LogP contribution in [-0.4, -0.2) is 29.9 Å². The highest BCUT2D eigenvalue weighted by Gasteiger charge is 2.59.